The monoisotopic (exact) mass is 459 g/mol. The first-order valence-corrected chi connectivity index (χ1v) is 12.8. The summed E-state index contributed by atoms with van der Waals surface area (Å²) in [5.74, 6) is 1.59. The molecule has 0 atom stereocenters. The molecule has 2 aliphatic rings. The summed E-state index contributed by atoms with van der Waals surface area (Å²) < 4.78 is 2.20. The number of rotatable bonds is 7. The van der Waals surface area contributed by atoms with Crippen molar-refractivity contribution in [2.75, 3.05) is 31.5 Å². The molecule has 0 unspecified atom stereocenters. The lowest BCUT2D eigenvalue weighted by Gasteiger charge is -2.36. The fourth-order valence-electron chi connectivity index (χ4n) is 5.20. The van der Waals surface area contributed by atoms with Crippen LogP contribution in [0.3, 0.4) is 0 Å². The molecule has 2 aromatic heterocycles. The minimum absolute atomic E-state index is 0.321. The molecule has 3 heterocycles. The van der Waals surface area contributed by atoms with Crippen LogP contribution in [0.25, 0.3) is 11.4 Å². The van der Waals surface area contributed by atoms with Crippen molar-refractivity contribution in [2.45, 2.75) is 65.1 Å². The topological polar surface area (TPSA) is 62.1 Å². The van der Waals surface area contributed by atoms with Crippen molar-refractivity contribution in [3.05, 3.63) is 54.1 Å². The van der Waals surface area contributed by atoms with E-state index < -0.39 is 0 Å². The zero-order valence-corrected chi connectivity index (χ0v) is 20.7. The fourth-order valence-corrected chi connectivity index (χ4v) is 5.20. The number of hydrogen-bond donors (Lipinski definition) is 1. The quantitative estimate of drug-likeness (QED) is 0.534. The van der Waals surface area contributed by atoms with Crippen LogP contribution < -0.4 is 5.32 Å². The lowest BCUT2D eigenvalue weighted by Crippen LogP contribution is -2.42. The molecule has 1 aliphatic heterocycles. The highest BCUT2D eigenvalue weighted by atomic mass is 15.2. The molecule has 0 radical (unpaired) electrons. The van der Waals surface area contributed by atoms with Gasteiger partial charge in [0.2, 0.25) is 5.95 Å². The van der Waals surface area contributed by atoms with E-state index in [4.69, 9.17) is 4.98 Å². The lowest BCUT2D eigenvalue weighted by atomic mass is 9.91. The molecular weight excluding hydrogens is 422 g/mol. The second-order valence-corrected chi connectivity index (χ2v) is 9.99. The van der Waals surface area contributed by atoms with Crippen molar-refractivity contribution in [2.24, 2.45) is 0 Å². The maximum Gasteiger partial charge on any atom is 0.227 e. The van der Waals surface area contributed by atoms with Crippen LogP contribution in [0.2, 0.25) is 0 Å². The van der Waals surface area contributed by atoms with Gasteiger partial charge in [0, 0.05) is 43.6 Å². The summed E-state index contributed by atoms with van der Waals surface area (Å²) in [6.45, 7) is 12.2. The van der Waals surface area contributed by atoms with E-state index in [0.29, 0.717) is 12.0 Å². The zero-order valence-electron chi connectivity index (χ0n) is 20.7. The van der Waals surface area contributed by atoms with Gasteiger partial charge in [0.05, 0.1) is 17.6 Å². The van der Waals surface area contributed by atoms with Crippen molar-refractivity contribution in [3.8, 4) is 11.4 Å². The van der Waals surface area contributed by atoms with Crippen LogP contribution in [-0.4, -0.2) is 61.5 Å². The third-order valence-corrected chi connectivity index (χ3v) is 7.25. The molecule has 0 spiro atoms. The Kier molecular flexibility index (Phi) is 6.92. The van der Waals surface area contributed by atoms with E-state index >= 15 is 0 Å². The van der Waals surface area contributed by atoms with Gasteiger partial charge in [-0.25, -0.2) is 15.0 Å². The molecule has 7 nitrogen and oxygen atoms in total. The number of aromatic nitrogens is 4. The second-order valence-electron chi connectivity index (χ2n) is 9.99. The maximum atomic E-state index is 4.76. The van der Waals surface area contributed by atoms with Crippen LogP contribution in [0.15, 0.2) is 42.7 Å². The van der Waals surface area contributed by atoms with Crippen LogP contribution in [0.1, 0.15) is 57.0 Å². The van der Waals surface area contributed by atoms with Gasteiger partial charge < -0.3 is 9.88 Å². The summed E-state index contributed by atoms with van der Waals surface area (Å²) in [7, 11) is 0. The van der Waals surface area contributed by atoms with E-state index in [9.17, 15) is 0 Å². The van der Waals surface area contributed by atoms with Gasteiger partial charge in [0.15, 0.2) is 0 Å². The van der Waals surface area contributed by atoms with Gasteiger partial charge in [-0.15, -0.1) is 0 Å². The predicted molar refractivity (Wildman–Crippen MR) is 137 cm³/mol. The Labute approximate surface area is 203 Å². The molecule has 34 heavy (non-hydrogen) atoms. The zero-order chi connectivity index (χ0) is 23.5. The Balaban J connectivity index is 1.21. The molecular formula is C27H37N7. The molecule has 1 saturated carbocycles. The van der Waals surface area contributed by atoms with Crippen LogP contribution >= 0.6 is 0 Å². The predicted octanol–water partition coefficient (Wildman–Crippen LogP) is 5.03. The molecule has 0 amide bonds. The SMILES string of the molecule is Cc1ncc(-c2ccnc(Nc3ccc(CN4CCCN(C5CCC5)CC4)cc3)n2)n1C(C)C. The molecule has 180 valence electrons. The van der Waals surface area contributed by atoms with Crippen molar-refractivity contribution < 1.29 is 0 Å². The lowest BCUT2D eigenvalue weighted by molar-refractivity contribution is 0.130. The number of hydrogen-bond acceptors (Lipinski definition) is 6. The van der Waals surface area contributed by atoms with Gasteiger partial charge in [-0.1, -0.05) is 18.6 Å². The molecule has 7 heteroatoms. The number of benzene rings is 1. The Morgan fingerprint density at radius 3 is 2.53 bits per heavy atom. The van der Waals surface area contributed by atoms with Gasteiger partial charge in [-0.2, -0.15) is 0 Å². The number of nitrogens with one attached hydrogen (secondary N) is 1. The molecule has 2 fully saturated rings. The average Bonchev–Trinajstić information content (AvgIpc) is 3.05. The Morgan fingerprint density at radius 2 is 1.79 bits per heavy atom. The van der Waals surface area contributed by atoms with Crippen molar-refractivity contribution in [1.82, 2.24) is 29.3 Å². The van der Waals surface area contributed by atoms with Crippen LogP contribution in [-0.2, 0) is 6.54 Å². The smallest absolute Gasteiger partial charge is 0.227 e. The minimum Gasteiger partial charge on any atom is -0.324 e. The van der Waals surface area contributed by atoms with E-state index in [1.807, 2.05) is 19.2 Å². The summed E-state index contributed by atoms with van der Waals surface area (Å²) >= 11 is 0. The summed E-state index contributed by atoms with van der Waals surface area (Å²) in [6, 6.07) is 11.8. The van der Waals surface area contributed by atoms with Crippen LogP contribution in [0.4, 0.5) is 11.6 Å². The van der Waals surface area contributed by atoms with Gasteiger partial charge in [0.25, 0.3) is 0 Å². The van der Waals surface area contributed by atoms with Gasteiger partial charge in [0.1, 0.15) is 5.82 Å². The third-order valence-electron chi connectivity index (χ3n) is 7.25. The largest absolute Gasteiger partial charge is 0.324 e. The van der Waals surface area contributed by atoms with Crippen LogP contribution in [0, 0.1) is 6.92 Å². The van der Waals surface area contributed by atoms with Gasteiger partial charge >= 0.3 is 0 Å². The molecule has 1 saturated heterocycles. The van der Waals surface area contributed by atoms with Gasteiger partial charge in [-0.3, -0.25) is 9.80 Å². The van der Waals surface area contributed by atoms with E-state index in [1.165, 1.54) is 57.4 Å². The summed E-state index contributed by atoms with van der Waals surface area (Å²) in [6.07, 6.45) is 9.20. The summed E-state index contributed by atoms with van der Waals surface area (Å²) in [4.78, 5) is 19.0. The third kappa shape index (κ3) is 5.15. The number of imidazole rings is 1. The molecule has 1 N–H and O–H groups in total. The second kappa shape index (κ2) is 10.2. The van der Waals surface area contributed by atoms with E-state index in [2.05, 4.69) is 67.8 Å². The highest BCUT2D eigenvalue weighted by molar-refractivity contribution is 5.59. The highest BCUT2D eigenvalue weighted by Crippen LogP contribution is 2.26. The minimum atomic E-state index is 0.321. The first kappa shape index (κ1) is 23.0. The average molecular weight is 460 g/mol. The molecule has 1 aliphatic carbocycles. The van der Waals surface area contributed by atoms with Crippen molar-refractivity contribution in [3.63, 3.8) is 0 Å². The van der Waals surface area contributed by atoms with Crippen LogP contribution in [0.5, 0.6) is 0 Å². The first-order chi connectivity index (χ1) is 16.6. The molecule has 5 rings (SSSR count). The van der Waals surface area contributed by atoms with Crippen molar-refractivity contribution in [1.29, 1.82) is 0 Å². The van der Waals surface area contributed by atoms with E-state index in [1.54, 1.807) is 6.20 Å². The van der Waals surface area contributed by atoms with E-state index in [-0.39, 0.29) is 0 Å². The highest BCUT2D eigenvalue weighted by Gasteiger charge is 2.26. The molecule has 0 bridgehead atoms. The normalized spacial score (nSPS) is 18.1. The Morgan fingerprint density at radius 1 is 0.971 bits per heavy atom. The standard InChI is InChI=1S/C27H37N7/c1-20(2)34-21(3)29-18-26(34)25-12-13-28-27(31-25)30-23-10-8-22(9-11-23)19-32-14-5-15-33(17-16-32)24-6-4-7-24/h8-13,18,20,24H,4-7,14-17,19H2,1-3H3,(H,28,30,31). The molecule has 3 aromatic rings. The number of nitrogens with zero attached hydrogens (tertiary/aromatic N) is 6. The van der Waals surface area contributed by atoms with Gasteiger partial charge in [-0.05, 0) is 76.9 Å². The first-order valence-electron chi connectivity index (χ1n) is 12.8. The number of anilines is 2. The van der Waals surface area contributed by atoms with Crippen molar-refractivity contribution >= 4 is 11.6 Å². The fraction of sp³-hybridized carbons (Fsp3) is 0.519. The Bertz CT molecular complexity index is 1080. The Hall–Kier alpha value is -2.77. The number of aryl methyl sites for hydroxylation is 1. The molecule has 1 aromatic carbocycles. The van der Waals surface area contributed by atoms with E-state index in [0.717, 1.165) is 35.5 Å². The summed E-state index contributed by atoms with van der Waals surface area (Å²) in [5, 5.41) is 3.37. The maximum absolute atomic E-state index is 4.76. The summed E-state index contributed by atoms with van der Waals surface area (Å²) in [5.41, 5.74) is 4.25.